The van der Waals surface area contributed by atoms with Crippen molar-refractivity contribution in [1.82, 2.24) is 10.6 Å². The molecule has 21 heavy (non-hydrogen) atoms. The smallest absolute Gasteiger partial charge is 0.234 e. The molecular formula is C16H16F2N2O. The zero-order chi connectivity index (χ0) is 15.1. The number of amides is 1. The number of nitrogens with one attached hydrogen (secondary N) is 2. The molecule has 5 heteroatoms. The largest absolute Gasteiger partial charge is 0.351 e. The average Bonchev–Trinajstić information content (AvgIpc) is 2.48. The fourth-order valence-corrected chi connectivity index (χ4v) is 1.85. The summed E-state index contributed by atoms with van der Waals surface area (Å²) in [5.41, 5.74) is 0.930. The number of hydrogen-bond acceptors (Lipinski definition) is 2. The summed E-state index contributed by atoms with van der Waals surface area (Å²) in [6, 6.07) is 12.6. The van der Waals surface area contributed by atoms with Crippen LogP contribution in [0.5, 0.6) is 0 Å². The lowest BCUT2D eigenvalue weighted by atomic mass is 10.2. The summed E-state index contributed by atoms with van der Waals surface area (Å²) in [6.07, 6.45) is 0. The molecule has 0 atom stereocenters. The van der Waals surface area contributed by atoms with E-state index >= 15 is 0 Å². The van der Waals surface area contributed by atoms with Gasteiger partial charge in [-0.1, -0.05) is 36.4 Å². The first kappa shape index (κ1) is 15.1. The quantitative estimate of drug-likeness (QED) is 0.857. The van der Waals surface area contributed by atoms with Crippen molar-refractivity contribution in [1.29, 1.82) is 0 Å². The molecule has 0 aliphatic rings. The molecule has 0 unspecified atom stereocenters. The Morgan fingerprint density at radius 1 is 0.857 bits per heavy atom. The third kappa shape index (κ3) is 4.65. The molecule has 2 rings (SSSR count). The Bertz CT molecular complexity index is 617. The molecule has 3 nitrogen and oxygen atoms in total. The minimum atomic E-state index is -0.350. The number of carbonyl (C=O) groups is 1. The summed E-state index contributed by atoms with van der Waals surface area (Å²) in [4.78, 5) is 11.6. The summed E-state index contributed by atoms with van der Waals surface area (Å²) in [5.74, 6) is -0.927. The van der Waals surface area contributed by atoms with E-state index in [9.17, 15) is 13.6 Å². The number of carbonyl (C=O) groups excluding carboxylic acids is 1. The Kier molecular flexibility index (Phi) is 5.40. The van der Waals surface area contributed by atoms with Crippen molar-refractivity contribution in [2.24, 2.45) is 0 Å². The second-order valence-corrected chi connectivity index (χ2v) is 4.56. The lowest BCUT2D eigenvalue weighted by Crippen LogP contribution is -2.33. The van der Waals surface area contributed by atoms with E-state index in [2.05, 4.69) is 10.6 Å². The molecule has 0 bridgehead atoms. The Labute approximate surface area is 122 Å². The van der Waals surface area contributed by atoms with Crippen LogP contribution in [-0.2, 0) is 17.9 Å². The summed E-state index contributed by atoms with van der Waals surface area (Å²) in [5, 5.41) is 5.45. The minimum absolute atomic E-state index is 0.0444. The lowest BCUT2D eigenvalue weighted by molar-refractivity contribution is -0.120. The van der Waals surface area contributed by atoms with Gasteiger partial charge in [0.2, 0.25) is 5.91 Å². The van der Waals surface area contributed by atoms with Gasteiger partial charge in [0.1, 0.15) is 11.6 Å². The fourth-order valence-electron chi connectivity index (χ4n) is 1.85. The second-order valence-electron chi connectivity index (χ2n) is 4.56. The van der Waals surface area contributed by atoms with Gasteiger partial charge in [-0.05, 0) is 12.1 Å². The van der Waals surface area contributed by atoms with Crippen molar-refractivity contribution >= 4 is 5.91 Å². The van der Waals surface area contributed by atoms with Crippen LogP contribution in [0.25, 0.3) is 0 Å². The summed E-state index contributed by atoms with van der Waals surface area (Å²) in [6.45, 7) is 0.440. The Morgan fingerprint density at radius 2 is 1.38 bits per heavy atom. The standard InChI is InChI=1S/C16H16F2N2O/c17-14-7-3-1-5-12(14)9-19-11-16(21)20-10-13-6-2-4-8-15(13)18/h1-8,19H,9-11H2,(H,20,21). The highest BCUT2D eigenvalue weighted by Crippen LogP contribution is 2.06. The van der Waals surface area contributed by atoms with Crippen LogP contribution in [0.1, 0.15) is 11.1 Å². The third-order valence-electron chi connectivity index (χ3n) is 2.99. The van der Waals surface area contributed by atoms with Crippen LogP contribution in [0, 0.1) is 11.6 Å². The van der Waals surface area contributed by atoms with E-state index in [4.69, 9.17) is 0 Å². The van der Waals surface area contributed by atoms with E-state index < -0.39 is 0 Å². The van der Waals surface area contributed by atoms with Crippen LogP contribution >= 0.6 is 0 Å². The molecule has 2 aromatic rings. The van der Waals surface area contributed by atoms with Crippen LogP contribution in [-0.4, -0.2) is 12.5 Å². The third-order valence-corrected chi connectivity index (χ3v) is 2.99. The van der Waals surface area contributed by atoms with Crippen molar-refractivity contribution in [3.63, 3.8) is 0 Å². The van der Waals surface area contributed by atoms with Gasteiger partial charge in [-0.3, -0.25) is 4.79 Å². The minimum Gasteiger partial charge on any atom is -0.351 e. The first-order valence-corrected chi connectivity index (χ1v) is 6.61. The van der Waals surface area contributed by atoms with E-state index in [1.165, 1.54) is 12.1 Å². The first-order chi connectivity index (χ1) is 10.2. The maximum absolute atomic E-state index is 13.3. The highest BCUT2D eigenvalue weighted by atomic mass is 19.1. The van der Waals surface area contributed by atoms with Gasteiger partial charge in [0, 0.05) is 24.2 Å². The van der Waals surface area contributed by atoms with Gasteiger partial charge in [0.25, 0.3) is 0 Å². The summed E-state index contributed by atoms with van der Waals surface area (Å²) in [7, 11) is 0. The molecule has 0 saturated heterocycles. The number of benzene rings is 2. The molecule has 0 aliphatic carbocycles. The summed E-state index contributed by atoms with van der Waals surface area (Å²) < 4.78 is 26.7. The van der Waals surface area contributed by atoms with Crippen LogP contribution in [0.4, 0.5) is 8.78 Å². The Hall–Kier alpha value is -2.27. The lowest BCUT2D eigenvalue weighted by Gasteiger charge is -2.08. The zero-order valence-electron chi connectivity index (χ0n) is 11.4. The highest BCUT2D eigenvalue weighted by Gasteiger charge is 2.05. The molecule has 0 aromatic heterocycles. The van der Waals surface area contributed by atoms with E-state index in [-0.39, 0.29) is 37.2 Å². The topological polar surface area (TPSA) is 41.1 Å². The van der Waals surface area contributed by atoms with Gasteiger partial charge >= 0.3 is 0 Å². The highest BCUT2D eigenvalue weighted by molar-refractivity contribution is 5.77. The number of rotatable bonds is 6. The van der Waals surface area contributed by atoms with Crippen molar-refractivity contribution in [3.8, 4) is 0 Å². The molecule has 2 N–H and O–H groups in total. The van der Waals surface area contributed by atoms with E-state index in [1.54, 1.807) is 36.4 Å². The van der Waals surface area contributed by atoms with Crippen molar-refractivity contribution in [2.75, 3.05) is 6.54 Å². The summed E-state index contributed by atoms with van der Waals surface area (Å²) >= 11 is 0. The van der Waals surface area contributed by atoms with Gasteiger partial charge in [0.05, 0.1) is 6.54 Å². The van der Waals surface area contributed by atoms with E-state index in [0.29, 0.717) is 11.1 Å². The van der Waals surface area contributed by atoms with Gasteiger partial charge in [0.15, 0.2) is 0 Å². The van der Waals surface area contributed by atoms with E-state index in [1.807, 2.05) is 0 Å². The van der Waals surface area contributed by atoms with Crippen LogP contribution in [0.3, 0.4) is 0 Å². The van der Waals surface area contributed by atoms with Crippen molar-refractivity contribution < 1.29 is 13.6 Å². The van der Waals surface area contributed by atoms with Gasteiger partial charge in [-0.2, -0.15) is 0 Å². The Morgan fingerprint density at radius 3 is 1.95 bits per heavy atom. The molecule has 0 fully saturated rings. The maximum atomic E-state index is 13.3. The van der Waals surface area contributed by atoms with E-state index in [0.717, 1.165) is 0 Å². The first-order valence-electron chi connectivity index (χ1n) is 6.61. The molecule has 0 heterocycles. The normalized spacial score (nSPS) is 10.4. The van der Waals surface area contributed by atoms with Crippen molar-refractivity contribution in [3.05, 3.63) is 71.3 Å². The Balaban J connectivity index is 1.73. The molecule has 2 aromatic carbocycles. The molecule has 0 aliphatic heterocycles. The predicted octanol–water partition coefficient (Wildman–Crippen LogP) is 2.37. The molecular weight excluding hydrogens is 274 g/mol. The number of halogens is 2. The average molecular weight is 290 g/mol. The molecule has 1 amide bonds. The molecule has 0 radical (unpaired) electrons. The van der Waals surface area contributed by atoms with Gasteiger partial charge in [-0.25, -0.2) is 8.78 Å². The van der Waals surface area contributed by atoms with Crippen LogP contribution in [0.2, 0.25) is 0 Å². The van der Waals surface area contributed by atoms with Crippen LogP contribution in [0.15, 0.2) is 48.5 Å². The fraction of sp³-hybridized carbons (Fsp3) is 0.188. The predicted molar refractivity (Wildman–Crippen MR) is 76.4 cm³/mol. The maximum Gasteiger partial charge on any atom is 0.234 e. The SMILES string of the molecule is O=C(CNCc1ccccc1F)NCc1ccccc1F. The molecule has 0 saturated carbocycles. The second kappa shape index (κ2) is 7.50. The zero-order valence-corrected chi connectivity index (χ0v) is 11.4. The van der Waals surface area contributed by atoms with Crippen molar-refractivity contribution in [2.45, 2.75) is 13.1 Å². The monoisotopic (exact) mass is 290 g/mol. The van der Waals surface area contributed by atoms with Gasteiger partial charge < -0.3 is 10.6 Å². The molecule has 110 valence electrons. The number of hydrogen-bond donors (Lipinski definition) is 2. The van der Waals surface area contributed by atoms with Crippen LogP contribution < -0.4 is 10.6 Å². The molecule has 0 spiro atoms. The van der Waals surface area contributed by atoms with Gasteiger partial charge in [-0.15, -0.1) is 0 Å².